The second kappa shape index (κ2) is 12.4. The molecule has 35 heavy (non-hydrogen) atoms. The van der Waals surface area contributed by atoms with Gasteiger partial charge in [0.2, 0.25) is 5.91 Å². The van der Waals surface area contributed by atoms with Crippen LogP contribution in [0.4, 0.5) is 5.69 Å². The van der Waals surface area contributed by atoms with Gasteiger partial charge in [0.1, 0.15) is 0 Å². The molecule has 1 atom stereocenters. The molecule has 0 saturated heterocycles. The van der Waals surface area contributed by atoms with Crippen molar-refractivity contribution in [2.45, 2.75) is 38.5 Å². The number of nitrogens with one attached hydrogen (secondary N) is 2. The first kappa shape index (κ1) is 26.2. The van der Waals surface area contributed by atoms with Crippen LogP contribution in [-0.2, 0) is 16.1 Å². The zero-order valence-electron chi connectivity index (χ0n) is 19.6. The lowest BCUT2D eigenvalue weighted by atomic mass is 10.2. The van der Waals surface area contributed by atoms with E-state index in [1.54, 1.807) is 55.5 Å². The lowest BCUT2D eigenvalue weighted by Gasteiger charge is -2.15. The topological polar surface area (TPSA) is 115 Å². The highest BCUT2D eigenvalue weighted by Gasteiger charge is 2.21. The molecule has 9 nitrogen and oxygen atoms in total. The van der Waals surface area contributed by atoms with Crippen molar-refractivity contribution < 1.29 is 19.1 Å². The smallest absolute Gasteiger partial charge is 0.338 e. The van der Waals surface area contributed by atoms with Crippen LogP contribution < -0.4 is 10.6 Å². The number of halogens is 1. The minimum absolute atomic E-state index is 0.109. The van der Waals surface area contributed by atoms with E-state index in [4.69, 9.17) is 16.3 Å². The lowest BCUT2D eigenvalue weighted by molar-refractivity contribution is -0.113. The summed E-state index contributed by atoms with van der Waals surface area (Å²) >= 11 is 7.36. The Balaban J connectivity index is 1.59. The Morgan fingerprint density at radius 3 is 2.46 bits per heavy atom. The van der Waals surface area contributed by atoms with E-state index < -0.39 is 12.0 Å². The zero-order valence-corrected chi connectivity index (χ0v) is 21.2. The summed E-state index contributed by atoms with van der Waals surface area (Å²) in [4.78, 5) is 36.8. The van der Waals surface area contributed by atoms with Crippen LogP contribution in [0.3, 0.4) is 0 Å². The van der Waals surface area contributed by atoms with E-state index in [9.17, 15) is 14.4 Å². The first-order valence-corrected chi connectivity index (χ1v) is 12.4. The van der Waals surface area contributed by atoms with Gasteiger partial charge < -0.3 is 19.9 Å². The molecule has 2 aromatic carbocycles. The zero-order chi connectivity index (χ0) is 25.4. The molecule has 0 fully saturated rings. The number of ether oxygens (including phenoxy) is 1. The Morgan fingerprint density at radius 1 is 1.09 bits per heavy atom. The molecule has 11 heteroatoms. The SMILES string of the molecule is CCOC(=O)c1ccc(NC(=O)CSc2nnc([C@H](C)NC(=O)c3ccccc3Cl)n2CC)cc1. The molecule has 2 amide bonds. The van der Waals surface area contributed by atoms with Crippen LogP contribution in [0.2, 0.25) is 5.02 Å². The van der Waals surface area contributed by atoms with Crippen molar-refractivity contribution in [1.82, 2.24) is 20.1 Å². The number of hydrogen-bond acceptors (Lipinski definition) is 7. The maximum absolute atomic E-state index is 12.6. The molecule has 0 saturated carbocycles. The number of carbonyl (C=O) groups is 3. The van der Waals surface area contributed by atoms with Crippen molar-refractivity contribution in [3.05, 3.63) is 70.5 Å². The number of anilines is 1. The monoisotopic (exact) mass is 515 g/mol. The third-order valence-electron chi connectivity index (χ3n) is 4.93. The van der Waals surface area contributed by atoms with Crippen LogP contribution in [-0.4, -0.2) is 44.9 Å². The highest BCUT2D eigenvalue weighted by atomic mass is 35.5. The van der Waals surface area contributed by atoms with Gasteiger partial charge >= 0.3 is 5.97 Å². The van der Waals surface area contributed by atoms with Gasteiger partial charge in [-0.25, -0.2) is 4.79 Å². The van der Waals surface area contributed by atoms with Crippen molar-refractivity contribution >= 4 is 46.8 Å². The maximum atomic E-state index is 12.6. The van der Waals surface area contributed by atoms with E-state index in [0.29, 0.717) is 46.0 Å². The number of nitrogens with zero attached hydrogens (tertiary/aromatic N) is 3. The van der Waals surface area contributed by atoms with E-state index in [0.717, 1.165) is 0 Å². The molecule has 0 radical (unpaired) electrons. The van der Waals surface area contributed by atoms with E-state index in [-0.39, 0.29) is 17.6 Å². The van der Waals surface area contributed by atoms with Crippen LogP contribution in [0.25, 0.3) is 0 Å². The van der Waals surface area contributed by atoms with E-state index in [1.165, 1.54) is 11.8 Å². The van der Waals surface area contributed by atoms with Gasteiger partial charge in [0.25, 0.3) is 5.91 Å². The molecule has 2 N–H and O–H groups in total. The Labute approximate surface area is 212 Å². The molecule has 1 heterocycles. The van der Waals surface area contributed by atoms with Gasteiger partial charge in [0, 0.05) is 12.2 Å². The highest BCUT2D eigenvalue weighted by Crippen LogP contribution is 2.22. The predicted molar refractivity (Wildman–Crippen MR) is 135 cm³/mol. The fourth-order valence-corrected chi connectivity index (χ4v) is 4.27. The number of esters is 1. The Hall–Kier alpha value is -3.37. The standard InChI is InChI=1S/C24H26ClN5O4S/c1-4-30-21(15(3)26-22(32)18-8-6-7-9-19(18)25)28-29-24(30)35-14-20(31)27-17-12-10-16(11-13-17)23(33)34-5-2/h6-13,15H,4-5,14H2,1-3H3,(H,26,32)(H,27,31)/t15-/m0/s1. The Kier molecular flexibility index (Phi) is 9.27. The summed E-state index contributed by atoms with van der Waals surface area (Å²) in [7, 11) is 0. The molecule has 0 bridgehead atoms. The molecular formula is C24H26ClN5O4S. The normalized spacial score (nSPS) is 11.5. The first-order chi connectivity index (χ1) is 16.8. The third kappa shape index (κ3) is 6.83. The fraction of sp³-hybridized carbons (Fsp3) is 0.292. The summed E-state index contributed by atoms with van der Waals surface area (Å²) in [5.74, 6) is -0.265. The van der Waals surface area contributed by atoms with Crippen LogP contribution in [0.5, 0.6) is 0 Å². The summed E-state index contributed by atoms with van der Waals surface area (Å²) < 4.78 is 6.80. The summed E-state index contributed by atoms with van der Waals surface area (Å²) in [5.41, 5.74) is 1.36. The van der Waals surface area contributed by atoms with Crippen LogP contribution in [0, 0.1) is 0 Å². The fourth-order valence-electron chi connectivity index (χ4n) is 3.24. The minimum atomic E-state index is -0.424. The molecule has 0 spiro atoms. The quantitative estimate of drug-likeness (QED) is 0.304. The minimum Gasteiger partial charge on any atom is -0.462 e. The van der Waals surface area contributed by atoms with Gasteiger partial charge in [0.05, 0.1) is 34.6 Å². The Morgan fingerprint density at radius 2 is 1.80 bits per heavy atom. The number of benzene rings is 2. The van der Waals surface area contributed by atoms with E-state index >= 15 is 0 Å². The van der Waals surface area contributed by atoms with Crippen molar-refractivity contribution in [2.75, 3.05) is 17.7 Å². The van der Waals surface area contributed by atoms with Gasteiger partial charge in [0.15, 0.2) is 11.0 Å². The lowest BCUT2D eigenvalue weighted by Crippen LogP contribution is -2.29. The first-order valence-electron chi connectivity index (χ1n) is 11.0. The van der Waals surface area contributed by atoms with Crippen LogP contribution >= 0.6 is 23.4 Å². The number of hydrogen-bond donors (Lipinski definition) is 2. The summed E-state index contributed by atoms with van der Waals surface area (Å²) in [5, 5.41) is 15.0. The molecule has 3 aromatic rings. The number of carbonyl (C=O) groups excluding carboxylic acids is 3. The van der Waals surface area contributed by atoms with Crippen LogP contribution in [0.15, 0.2) is 53.7 Å². The number of aromatic nitrogens is 3. The molecule has 0 aliphatic carbocycles. The van der Waals surface area contributed by atoms with Crippen molar-refractivity contribution in [2.24, 2.45) is 0 Å². The Bertz CT molecular complexity index is 1200. The summed E-state index contributed by atoms with van der Waals surface area (Å²) in [6, 6.07) is 12.9. The summed E-state index contributed by atoms with van der Waals surface area (Å²) in [6.07, 6.45) is 0. The van der Waals surface area contributed by atoms with Crippen molar-refractivity contribution in [1.29, 1.82) is 0 Å². The van der Waals surface area contributed by atoms with E-state index in [1.807, 2.05) is 18.4 Å². The van der Waals surface area contributed by atoms with Crippen molar-refractivity contribution in [3.63, 3.8) is 0 Å². The number of amides is 2. The average molecular weight is 516 g/mol. The van der Waals surface area contributed by atoms with Crippen LogP contribution in [0.1, 0.15) is 53.4 Å². The highest BCUT2D eigenvalue weighted by molar-refractivity contribution is 7.99. The number of rotatable bonds is 10. The van der Waals surface area contributed by atoms with Gasteiger partial charge in [-0.05, 0) is 57.2 Å². The summed E-state index contributed by atoms with van der Waals surface area (Å²) in [6.45, 7) is 6.35. The van der Waals surface area contributed by atoms with Gasteiger partial charge in [-0.15, -0.1) is 10.2 Å². The van der Waals surface area contributed by atoms with Gasteiger partial charge in [-0.2, -0.15) is 0 Å². The van der Waals surface area contributed by atoms with Gasteiger partial charge in [-0.3, -0.25) is 9.59 Å². The molecule has 1 aromatic heterocycles. The maximum Gasteiger partial charge on any atom is 0.338 e. The predicted octanol–water partition coefficient (Wildman–Crippen LogP) is 4.35. The second-order valence-corrected chi connectivity index (χ2v) is 8.74. The molecular weight excluding hydrogens is 490 g/mol. The third-order valence-corrected chi connectivity index (χ3v) is 6.22. The molecule has 3 rings (SSSR count). The van der Waals surface area contributed by atoms with Crippen molar-refractivity contribution in [3.8, 4) is 0 Å². The molecule has 0 aliphatic heterocycles. The average Bonchev–Trinajstić information content (AvgIpc) is 3.26. The van der Waals surface area contributed by atoms with E-state index in [2.05, 4.69) is 20.8 Å². The number of thioether (sulfide) groups is 1. The molecule has 0 unspecified atom stereocenters. The van der Waals surface area contributed by atoms with Gasteiger partial charge in [-0.1, -0.05) is 35.5 Å². The second-order valence-electron chi connectivity index (χ2n) is 7.39. The molecule has 0 aliphatic rings. The molecule has 184 valence electrons. The largest absolute Gasteiger partial charge is 0.462 e.